The number of hydrogen-bond acceptors (Lipinski definition) is 7. The molecule has 0 radical (unpaired) electrons. The van der Waals surface area contributed by atoms with E-state index in [1.165, 1.54) is 7.11 Å². The second kappa shape index (κ2) is 10.8. The Bertz CT molecular complexity index is 867. The predicted molar refractivity (Wildman–Crippen MR) is 113 cm³/mol. The van der Waals surface area contributed by atoms with Crippen LogP contribution in [0.5, 0.6) is 17.2 Å². The third kappa shape index (κ3) is 5.13. The molecule has 0 heterocycles. The van der Waals surface area contributed by atoms with Crippen LogP contribution in [0.25, 0.3) is 0 Å². The maximum Gasteiger partial charge on any atom is 0.188 e. The van der Waals surface area contributed by atoms with E-state index in [1.807, 2.05) is 24.3 Å². The van der Waals surface area contributed by atoms with Crippen LogP contribution in [0.15, 0.2) is 34.8 Å². The number of fused-ring (bicyclic) bond motifs is 1. The molecule has 2 aromatic carbocycles. The summed E-state index contributed by atoms with van der Waals surface area (Å²) >= 11 is 3.61. The van der Waals surface area contributed by atoms with Crippen LogP contribution in [0.3, 0.4) is 0 Å². The molecule has 1 aliphatic rings. The summed E-state index contributed by atoms with van der Waals surface area (Å²) in [5, 5.41) is 0. The zero-order valence-electron chi connectivity index (χ0n) is 17.2. The summed E-state index contributed by atoms with van der Waals surface area (Å²) in [4.78, 5) is 13.1. The van der Waals surface area contributed by atoms with Gasteiger partial charge in [-0.25, -0.2) is 0 Å². The molecule has 1 atom stereocenters. The third-order valence-electron chi connectivity index (χ3n) is 4.81. The van der Waals surface area contributed by atoms with Gasteiger partial charge in [0.1, 0.15) is 17.2 Å². The van der Waals surface area contributed by atoms with Crippen LogP contribution in [-0.4, -0.2) is 47.5 Å². The minimum Gasteiger partial charge on any atom is -0.468 e. The van der Waals surface area contributed by atoms with Gasteiger partial charge >= 0.3 is 0 Å². The van der Waals surface area contributed by atoms with Gasteiger partial charge in [-0.3, -0.25) is 4.79 Å². The van der Waals surface area contributed by atoms with Crippen LogP contribution >= 0.6 is 15.9 Å². The Morgan fingerprint density at radius 1 is 0.867 bits per heavy atom. The molecule has 2 aromatic rings. The van der Waals surface area contributed by atoms with E-state index in [-0.39, 0.29) is 32.1 Å². The monoisotopic (exact) mass is 480 g/mol. The van der Waals surface area contributed by atoms with Gasteiger partial charge in [0, 0.05) is 33.8 Å². The van der Waals surface area contributed by atoms with E-state index in [9.17, 15) is 4.79 Å². The molecule has 30 heavy (non-hydrogen) atoms. The van der Waals surface area contributed by atoms with Crippen LogP contribution in [0, 0.1) is 0 Å². The van der Waals surface area contributed by atoms with Crippen molar-refractivity contribution in [1.82, 2.24) is 0 Å². The van der Waals surface area contributed by atoms with E-state index < -0.39 is 0 Å². The summed E-state index contributed by atoms with van der Waals surface area (Å²) in [5.74, 6) is 1.78. The summed E-state index contributed by atoms with van der Waals surface area (Å²) in [6.07, 6.45) is 1.05. The maximum atomic E-state index is 13.1. The minimum atomic E-state index is 0.0195. The summed E-state index contributed by atoms with van der Waals surface area (Å²) in [5.41, 5.74) is 2.49. The average Bonchev–Trinajstić information content (AvgIpc) is 2.76. The van der Waals surface area contributed by atoms with Crippen LogP contribution < -0.4 is 14.2 Å². The number of carbonyl (C=O) groups is 1. The molecule has 0 aromatic heterocycles. The molecular weight excluding hydrogens is 456 g/mol. The highest BCUT2D eigenvalue weighted by molar-refractivity contribution is 9.10. The molecule has 0 saturated carbocycles. The zero-order valence-corrected chi connectivity index (χ0v) is 18.8. The number of Topliss-reactive ketones (excluding diaryl/α,β-unsaturated/α-hetero) is 1. The number of halogens is 1. The first-order valence-electron chi connectivity index (χ1n) is 9.42. The number of carbonyl (C=O) groups excluding carboxylic acids is 1. The van der Waals surface area contributed by atoms with Crippen molar-refractivity contribution >= 4 is 21.7 Å². The first-order valence-corrected chi connectivity index (χ1v) is 10.2. The molecule has 7 nitrogen and oxygen atoms in total. The quantitative estimate of drug-likeness (QED) is 0.469. The normalized spacial score (nSPS) is 15.6. The Kier molecular flexibility index (Phi) is 8.09. The van der Waals surface area contributed by atoms with Crippen LogP contribution in [0.2, 0.25) is 0 Å². The lowest BCUT2D eigenvalue weighted by molar-refractivity contribution is 0.0449. The van der Waals surface area contributed by atoms with E-state index in [1.54, 1.807) is 20.3 Å². The van der Waals surface area contributed by atoms with E-state index in [2.05, 4.69) is 15.9 Å². The minimum absolute atomic E-state index is 0.0195. The molecule has 0 amide bonds. The first-order chi connectivity index (χ1) is 14.6. The molecular formula is C22H25BrO7. The second-order valence-electron chi connectivity index (χ2n) is 6.79. The van der Waals surface area contributed by atoms with E-state index in [0.717, 1.165) is 21.3 Å². The summed E-state index contributed by atoms with van der Waals surface area (Å²) in [7, 11) is 4.66. The average molecular weight is 481 g/mol. The fourth-order valence-electron chi connectivity index (χ4n) is 3.47. The molecule has 1 unspecified atom stereocenters. The Balaban J connectivity index is 1.92. The number of ketones is 1. The van der Waals surface area contributed by atoms with Crippen LogP contribution in [0.1, 0.15) is 33.8 Å². The van der Waals surface area contributed by atoms with Crippen molar-refractivity contribution < 1.29 is 33.2 Å². The predicted octanol–water partition coefficient (Wildman–Crippen LogP) is 4.31. The lowest BCUT2D eigenvalue weighted by Crippen LogP contribution is -2.21. The lowest BCUT2D eigenvalue weighted by Gasteiger charge is -2.27. The Hall–Kier alpha value is -2.13. The largest absolute Gasteiger partial charge is 0.468 e. The number of hydrogen-bond donors (Lipinski definition) is 0. The highest BCUT2D eigenvalue weighted by Crippen LogP contribution is 2.44. The van der Waals surface area contributed by atoms with E-state index >= 15 is 0 Å². The molecule has 162 valence electrons. The summed E-state index contributed by atoms with van der Waals surface area (Å²) in [6.45, 7) is 0.314. The highest BCUT2D eigenvalue weighted by atomic mass is 79.9. The van der Waals surface area contributed by atoms with E-state index in [0.29, 0.717) is 29.9 Å². The fourth-order valence-corrected chi connectivity index (χ4v) is 4.06. The zero-order chi connectivity index (χ0) is 21.5. The molecule has 0 aliphatic heterocycles. The first kappa shape index (κ1) is 22.6. The smallest absolute Gasteiger partial charge is 0.188 e. The van der Waals surface area contributed by atoms with Gasteiger partial charge in [-0.2, -0.15) is 0 Å². The van der Waals surface area contributed by atoms with Gasteiger partial charge in [0.05, 0.1) is 10.0 Å². The highest BCUT2D eigenvalue weighted by Gasteiger charge is 2.32. The topological polar surface area (TPSA) is 72.5 Å². The van der Waals surface area contributed by atoms with Crippen molar-refractivity contribution in [2.24, 2.45) is 0 Å². The Labute approximate surface area is 184 Å². The third-order valence-corrected chi connectivity index (χ3v) is 5.68. The SMILES string of the molecule is COCOc1ccc(C2CC(=O)c3c(OCOC)cc(OCOC)c(Br)c3C2)cc1. The van der Waals surface area contributed by atoms with Crippen molar-refractivity contribution in [1.29, 1.82) is 0 Å². The molecule has 0 N–H and O–H groups in total. The number of benzene rings is 2. The fraction of sp³-hybridized carbons (Fsp3) is 0.409. The Morgan fingerprint density at radius 3 is 2.10 bits per heavy atom. The Morgan fingerprint density at radius 2 is 1.47 bits per heavy atom. The van der Waals surface area contributed by atoms with Gasteiger partial charge in [0.15, 0.2) is 26.2 Å². The van der Waals surface area contributed by atoms with Crippen LogP contribution in [0.4, 0.5) is 0 Å². The lowest BCUT2D eigenvalue weighted by atomic mass is 9.79. The molecule has 1 aliphatic carbocycles. The maximum absolute atomic E-state index is 13.1. The van der Waals surface area contributed by atoms with Crippen molar-refractivity contribution in [2.45, 2.75) is 18.8 Å². The van der Waals surface area contributed by atoms with Crippen molar-refractivity contribution in [3.63, 3.8) is 0 Å². The standard InChI is InChI=1S/C22H25BrO7/c1-25-11-28-16-6-4-14(5-7-16)15-8-17-21(18(24)9-15)19(29-12-26-2)10-20(22(17)23)30-13-27-3/h4-7,10,15H,8-9,11-13H2,1-3H3. The van der Waals surface area contributed by atoms with Gasteiger partial charge in [-0.15, -0.1) is 0 Å². The summed E-state index contributed by atoms with van der Waals surface area (Å²) < 4.78 is 32.5. The molecule has 0 saturated heterocycles. The molecule has 0 spiro atoms. The van der Waals surface area contributed by atoms with Crippen molar-refractivity contribution in [3.8, 4) is 17.2 Å². The summed E-state index contributed by atoms with van der Waals surface area (Å²) in [6, 6.07) is 9.43. The van der Waals surface area contributed by atoms with Gasteiger partial charge in [-0.1, -0.05) is 12.1 Å². The molecule has 0 bridgehead atoms. The molecule has 8 heteroatoms. The van der Waals surface area contributed by atoms with Crippen molar-refractivity contribution in [2.75, 3.05) is 41.7 Å². The van der Waals surface area contributed by atoms with E-state index in [4.69, 9.17) is 28.4 Å². The van der Waals surface area contributed by atoms with Gasteiger partial charge in [0.25, 0.3) is 0 Å². The second-order valence-corrected chi connectivity index (χ2v) is 7.58. The van der Waals surface area contributed by atoms with Gasteiger partial charge in [-0.05, 0) is 51.5 Å². The number of ether oxygens (including phenoxy) is 6. The number of rotatable bonds is 10. The molecule has 3 rings (SSSR count). The van der Waals surface area contributed by atoms with Gasteiger partial charge in [0.2, 0.25) is 0 Å². The number of methoxy groups -OCH3 is 3. The van der Waals surface area contributed by atoms with Gasteiger partial charge < -0.3 is 28.4 Å². The van der Waals surface area contributed by atoms with Crippen LogP contribution in [-0.2, 0) is 20.6 Å². The molecule has 0 fully saturated rings. The van der Waals surface area contributed by atoms with Crippen molar-refractivity contribution in [3.05, 3.63) is 51.5 Å².